The first-order chi connectivity index (χ1) is 8.72. The normalized spacial score (nSPS) is 17.8. The van der Waals surface area contributed by atoms with Crippen LogP contribution in [0.15, 0.2) is 0 Å². The molecule has 1 aliphatic heterocycles. The number of amides is 2. The summed E-state index contributed by atoms with van der Waals surface area (Å²) in [6.45, 7) is 9.36. The fourth-order valence-corrected chi connectivity index (χ4v) is 1.71. The van der Waals surface area contributed by atoms with Crippen LogP contribution in [0.5, 0.6) is 0 Å². The van der Waals surface area contributed by atoms with E-state index in [9.17, 15) is 9.59 Å². The molecule has 6 heteroatoms. The maximum Gasteiger partial charge on any atom is 0.410 e. The molecule has 0 aromatic heterocycles. The Labute approximate surface area is 114 Å². The number of rotatable bonds is 2. The van der Waals surface area contributed by atoms with Gasteiger partial charge in [-0.1, -0.05) is 0 Å². The first-order valence-electron chi connectivity index (χ1n) is 6.54. The number of ether oxygens (including phenoxy) is 2. The summed E-state index contributed by atoms with van der Waals surface area (Å²) in [5.41, 5.74) is -0.562. The van der Waals surface area contributed by atoms with Crippen molar-refractivity contribution >= 4 is 12.0 Å². The molecular formula is C13H24N2O4. The van der Waals surface area contributed by atoms with E-state index in [0.29, 0.717) is 26.3 Å². The topological polar surface area (TPSA) is 59.1 Å². The molecule has 0 N–H and O–H groups in total. The Morgan fingerprint density at radius 2 is 1.79 bits per heavy atom. The number of hydrogen-bond acceptors (Lipinski definition) is 4. The average molecular weight is 272 g/mol. The van der Waals surface area contributed by atoms with Crippen LogP contribution in [-0.4, -0.2) is 66.8 Å². The summed E-state index contributed by atoms with van der Waals surface area (Å²) in [6, 6.07) is -0.534. The molecule has 110 valence electrons. The third kappa shape index (κ3) is 4.70. The van der Waals surface area contributed by atoms with Crippen molar-refractivity contribution < 1.29 is 19.1 Å². The lowest BCUT2D eigenvalue weighted by molar-refractivity contribution is -0.139. The predicted molar refractivity (Wildman–Crippen MR) is 70.9 cm³/mol. The van der Waals surface area contributed by atoms with Crippen molar-refractivity contribution in [2.45, 2.75) is 39.3 Å². The molecule has 0 aliphatic carbocycles. The summed E-state index contributed by atoms with van der Waals surface area (Å²) in [5.74, 6) is -0.0725. The van der Waals surface area contributed by atoms with Crippen LogP contribution in [0.3, 0.4) is 0 Å². The van der Waals surface area contributed by atoms with Crippen molar-refractivity contribution in [2.24, 2.45) is 0 Å². The highest BCUT2D eigenvalue weighted by Gasteiger charge is 2.30. The van der Waals surface area contributed by atoms with Gasteiger partial charge in [-0.3, -0.25) is 9.69 Å². The van der Waals surface area contributed by atoms with Crippen molar-refractivity contribution in [3.05, 3.63) is 0 Å². The molecule has 0 unspecified atom stereocenters. The third-order valence-corrected chi connectivity index (χ3v) is 2.94. The second-order valence-electron chi connectivity index (χ2n) is 5.70. The molecule has 1 saturated heterocycles. The Balaban J connectivity index is 2.57. The van der Waals surface area contributed by atoms with E-state index in [0.717, 1.165) is 0 Å². The lowest BCUT2D eigenvalue weighted by Gasteiger charge is -2.33. The minimum Gasteiger partial charge on any atom is -0.444 e. The summed E-state index contributed by atoms with van der Waals surface area (Å²) in [6.07, 6.45) is -0.485. The van der Waals surface area contributed by atoms with Gasteiger partial charge in [0.05, 0.1) is 13.2 Å². The van der Waals surface area contributed by atoms with Crippen molar-refractivity contribution in [3.8, 4) is 0 Å². The van der Waals surface area contributed by atoms with Crippen LogP contribution in [0.1, 0.15) is 27.7 Å². The quantitative estimate of drug-likeness (QED) is 0.755. The first kappa shape index (κ1) is 15.8. The van der Waals surface area contributed by atoms with Crippen LogP contribution >= 0.6 is 0 Å². The Morgan fingerprint density at radius 1 is 1.26 bits per heavy atom. The third-order valence-electron chi connectivity index (χ3n) is 2.94. The Morgan fingerprint density at radius 3 is 2.26 bits per heavy atom. The summed E-state index contributed by atoms with van der Waals surface area (Å²) in [5, 5.41) is 0. The van der Waals surface area contributed by atoms with E-state index in [-0.39, 0.29) is 5.91 Å². The van der Waals surface area contributed by atoms with E-state index in [1.54, 1.807) is 39.6 Å². The van der Waals surface area contributed by atoms with E-state index in [1.807, 2.05) is 0 Å². The van der Waals surface area contributed by atoms with Crippen LogP contribution < -0.4 is 0 Å². The minimum absolute atomic E-state index is 0.0725. The van der Waals surface area contributed by atoms with Crippen LogP contribution in [-0.2, 0) is 14.3 Å². The van der Waals surface area contributed by atoms with Gasteiger partial charge in [-0.15, -0.1) is 0 Å². The maximum absolute atomic E-state index is 12.2. The summed E-state index contributed by atoms with van der Waals surface area (Å²) in [4.78, 5) is 27.2. The molecule has 0 spiro atoms. The average Bonchev–Trinajstić information content (AvgIpc) is 2.35. The standard InChI is InChI=1S/C13H24N2O4/c1-10(11(16)15-6-8-18-9-7-15)14(5)12(17)19-13(2,3)4/h10H,6-9H2,1-5H3/t10-/m0/s1. The highest BCUT2D eigenvalue weighted by molar-refractivity contribution is 5.85. The van der Waals surface area contributed by atoms with Gasteiger partial charge in [-0.05, 0) is 27.7 Å². The second-order valence-corrected chi connectivity index (χ2v) is 5.70. The second kappa shape index (κ2) is 6.23. The summed E-state index contributed by atoms with van der Waals surface area (Å²) >= 11 is 0. The van der Waals surface area contributed by atoms with Crippen molar-refractivity contribution in [1.82, 2.24) is 9.80 Å². The summed E-state index contributed by atoms with van der Waals surface area (Å²) in [7, 11) is 1.58. The molecule has 0 radical (unpaired) electrons. The highest BCUT2D eigenvalue weighted by Crippen LogP contribution is 2.12. The van der Waals surface area contributed by atoms with E-state index < -0.39 is 17.7 Å². The van der Waals surface area contributed by atoms with E-state index in [2.05, 4.69) is 0 Å². The van der Waals surface area contributed by atoms with Gasteiger partial charge in [-0.25, -0.2) is 4.79 Å². The fourth-order valence-electron chi connectivity index (χ4n) is 1.71. The minimum atomic E-state index is -0.562. The lowest BCUT2D eigenvalue weighted by atomic mass is 10.2. The number of likely N-dealkylation sites (N-methyl/N-ethyl adjacent to an activating group) is 1. The predicted octanol–water partition coefficient (Wildman–Crippen LogP) is 1.10. The zero-order valence-electron chi connectivity index (χ0n) is 12.4. The molecule has 6 nitrogen and oxygen atoms in total. The number of carbonyl (C=O) groups is 2. The zero-order chi connectivity index (χ0) is 14.6. The maximum atomic E-state index is 12.2. The molecular weight excluding hydrogens is 248 g/mol. The lowest BCUT2D eigenvalue weighted by Crippen LogP contribution is -2.51. The van der Waals surface area contributed by atoms with Gasteiger partial charge in [0.1, 0.15) is 11.6 Å². The van der Waals surface area contributed by atoms with E-state index >= 15 is 0 Å². The molecule has 0 aromatic rings. The molecule has 2 amide bonds. The molecule has 1 atom stereocenters. The SMILES string of the molecule is C[C@@H](C(=O)N1CCOCC1)N(C)C(=O)OC(C)(C)C. The number of nitrogens with zero attached hydrogens (tertiary/aromatic N) is 2. The van der Waals surface area contributed by atoms with Crippen molar-refractivity contribution in [2.75, 3.05) is 33.4 Å². The van der Waals surface area contributed by atoms with Gasteiger partial charge in [0.25, 0.3) is 0 Å². The Bertz CT molecular complexity index is 332. The van der Waals surface area contributed by atoms with Crippen LogP contribution in [0.25, 0.3) is 0 Å². The largest absolute Gasteiger partial charge is 0.444 e. The molecule has 1 rings (SSSR count). The monoisotopic (exact) mass is 272 g/mol. The molecule has 19 heavy (non-hydrogen) atoms. The Kier molecular flexibility index (Phi) is 5.17. The van der Waals surface area contributed by atoms with Crippen LogP contribution in [0.2, 0.25) is 0 Å². The molecule has 0 saturated carbocycles. The molecule has 1 aliphatic rings. The molecule has 0 bridgehead atoms. The highest BCUT2D eigenvalue weighted by atomic mass is 16.6. The zero-order valence-corrected chi connectivity index (χ0v) is 12.4. The van der Waals surface area contributed by atoms with Crippen molar-refractivity contribution in [3.63, 3.8) is 0 Å². The Hall–Kier alpha value is -1.30. The number of morpholine rings is 1. The fraction of sp³-hybridized carbons (Fsp3) is 0.846. The molecule has 0 aromatic carbocycles. The number of hydrogen-bond donors (Lipinski definition) is 0. The molecule has 1 fully saturated rings. The van der Waals surface area contributed by atoms with Gasteiger partial charge < -0.3 is 14.4 Å². The van der Waals surface area contributed by atoms with Crippen LogP contribution in [0, 0.1) is 0 Å². The van der Waals surface area contributed by atoms with Crippen LogP contribution in [0.4, 0.5) is 4.79 Å². The van der Waals surface area contributed by atoms with Gasteiger partial charge in [-0.2, -0.15) is 0 Å². The van der Waals surface area contributed by atoms with E-state index in [4.69, 9.17) is 9.47 Å². The van der Waals surface area contributed by atoms with Gasteiger partial charge in [0.15, 0.2) is 0 Å². The summed E-state index contributed by atoms with van der Waals surface area (Å²) < 4.78 is 10.5. The first-order valence-corrected chi connectivity index (χ1v) is 6.54. The van der Waals surface area contributed by atoms with Gasteiger partial charge in [0.2, 0.25) is 5.91 Å². The van der Waals surface area contributed by atoms with E-state index in [1.165, 1.54) is 4.90 Å². The molecule has 1 heterocycles. The van der Waals surface area contributed by atoms with Gasteiger partial charge in [0, 0.05) is 20.1 Å². The number of carbonyl (C=O) groups excluding carboxylic acids is 2. The van der Waals surface area contributed by atoms with Crippen molar-refractivity contribution in [1.29, 1.82) is 0 Å². The smallest absolute Gasteiger partial charge is 0.410 e. The van der Waals surface area contributed by atoms with Gasteiger partial charge >= 0.3 is 6.09 Å².